The van der Waals surface area contributed by atoms with Gasteiger partial charge in [0.05, 0.1) is 37.0 Å². The van der Waals surface area contributed by atoms with Crippen molar-refractivity contribution in [1.29, 1.82) is 5.41 Å². The van der Waals surface area contributed by atoms with Crippen LogP contribution in [-0.2, 0) is 23.8 Å². The summed E-state index contributed by atoms with van der Waals surface area (Å²) >= 11 is 0. The summed E-state index contributed by atoms with van der Waals surface area (Å²) in [6, 6.07) is 2.23. The summed E-state index contributed by atoms with van der Waals surface area (Å²) in [4.78, 5) is 40.4. The van der Waals surface area contributed by atoms with Gasteiger partial charge in [-0.1, -0.05) is 25.9 Å². The quantitative estimate of drug-likeness (QED) is 0.00959. The van der Waals surface area contributed by atoms with Crippen molar-refractivity contribution in [2.45, 2.75) is 116 Å². The lowest BCUT2D eigenvalue weighted by molar-refractivity contribution is -0.383. The van der Waals surface area contributed by atoms with E-state index in [9.17, 15) is 19.7 Å². The number of hydrogen-bond donors (Lipinski definition) is 5. The second-order valence-electron chi connectivity index (χ2n) is 18.3. The number of amides is 1. The van der Waals surface area contributed by atoms with Crippen molar-refractivity contribution in [3.63, 3.8) is 0 Å². The molecule has 6 N–H and O–H groups in total. The Kier molecular flexibility index (Phi) is 15.7. The van der Waals surface area contributed by atoms with E-state index in [4.69, 9.17) is 35.5 Å². The zero-order valence-electron chi connectivity index (χ0n) is 35.9. The molecule has 0 radical (unpaired) electrons. The van der Waals surface area contributed by atoms with E-state index in [0.29, 0.717) is 93.4 Å². The number of nitrogens with zero attached hydrogens (tertiary/aromatic N) is 6. The average Bonchev–Trinajstić information content (AvgIpc) is 3.87. The third kappa shape index (κ3) is 10.8. The molecule has 4 aliphatic rings. The van der Waals surface area contributed by atoms with Crippen LogP contribution in [0.1, 0.15) is 104 Å². The number of nitro groups is 1. The molecule has 10 atom stereocenters. The molecule has 0 saturated heterocycles. The fraction of sp³-hybridized carbons (Fsp3) is 0.786. The number of benzene rings is 1. The number of nitrogens with two attached hydrogens (primary N) is 1. The van der Waals surface area contributed by atoms with E-state index >= 15 is 0 Å². The molecule has 19 nitrogen and oxygen atoms in total. The van der Waals surface area contributed by atoms with E-state index < -0.39 is 11.0 Å². The van der Waals surface area contributed by atoms with Crippen molar-refractivity contribution in [1.82, 2.24) is 20.9 Å². The number of ether oxygens (including phenoxy) is 3. The first kappa shape index (κ1) is 45.8. The van der Waals surface area contributed by atoms with E-state index in [1.165, 1.54) is 44.2 Å². The highest BCUT2D eigenvalue weighted by Gasteiger charge is 2.60. The topological polar surface area (TPSA) is 279 Å². The maximum atomic E-state index is 14.0. The molecular formula is C42H65N11O8. The largest absolute Gasteiger partial charge is 0.463 e. The van der Waals surface area contributed by atoms with Crippen LogP contribution in [0.4, 0.5) is 11.4 Å². The minimum absolute atomic E-state index is 0.0115. The van der Waals surface area contributed by atoms with Crippen LogP contribution in [0.2, 0.25) is 0 Å². The third-order valence-corrected chi connectivity index (χ3v) is 15.1. The van der Waals surface area contributed by atoms with Crippen LogP contribution < -0.4 is 21.7 Å². The van der Waals surface area contributed by atoms with E-state index in [2.05, 4.69) is 57.1 Å². The number of nitrogens with one attached hydrogen (secondary N) is 4. The molecule has 336 valence electrons. The number of non-ortho nitro benzene ring substituents is 1. The minimum Gasteiger partial charge on any atom is -0.463 e. The van der Waals surface area contributed by atoms with Gasteiger partial charge in [0, 0.05) is 36.5 Å². The number of guanidine groups is 1. The standard InChI is InChI=1S/C42H65N11O8/c1-26(6-13-36(54)60-24-23-59-22-21-58-20-19-47-52-45)30-9-10-31-29-8-7-27-25-28(14-16-41(27,2)32(29)15-17-42(30,31)3)48-39(55)34(5-4-18-46-40(43)44)49-33-11-12-35(53(56)57)38-37(33)50-61-51-38/h11-12,26-32,34,49H,4-10,13-25H2,1-3H3,(H,48,55)(H4,43,44,46)/t26-,27-,28-,29?,30?,31?,32?,34+,41+,42-/m1/s1. The van der Waals surface area contributed by atoms with Gasteiger partial charge in [0.2, 0.25) is 11.4 Å². The van der Waals surface area contributed by atoms with Crippen molar-refractivity contribution in [3.8, 4) is 0 Å². The number of esters is 1. The molecular weight excluding hydrogens is 787 g/mol. The Morgan fingerprint density at radius 2 is 1.77 bits per heavy atom. The van der Waals surface area contributed by atoms with Crippen molar-refractivity contribution < 1.29 is 33.4 Å². The zero-order valence-corrected chi connectivity index (χ0v) is 35.9. The smallest absolute Gasteiger partial charge is 0.305 e. The number of fused-ring (bicyclic) bond motifs is 6. The highest BCUT2D eigenvalue weighted by Crippen LogP contribution is 2.68. The van der Waals surface area contributed by atoms with Crippen molar-refractivity contribution in [2.24, 2.45) is 57.2 Å². The Hall–Kier alpha value is -4.74. The Morgan fingerprint density at radius 3 is 2.54 bits per heavy atom. The number of rotatable bonds is 22. The highest BCUT2D eigenvalue weighted by molar-refractivity contribution is 5.95. The second kappa shape index (κ2) is 20.9. The molecule has 2 aromatic rings. The van der Waals surface area contributed by atoms with E-state index in [1.54, 1.807) is 0 Å². The van der Waals surface area contributed by atoms with Crippen LogP contribution in [-0.4, -0.2) is 91.3 Å². The van der Waals surface area contributed by atoms with E-state index in [0.717, 1.165) is 32.1 Å². The Balaban J connectivity index is 0.988. The molecule has 1 aromatic carbocycles. The summed E-state index contributed by atoms with van der Waals surface area (Å²) in [5.74, 6) is 3.15. The van der Waals surface area contributed by atoms with Crippen molar-refractivity contribution in [2.75, 3.05) is 51.4 Å². The van der Waals surface area contributed by atoms with Crippen LogP contribution in [0, 0.1) is 61.9 Å². The van der Waals surface area contributed by atoms with Crippen molar-refractivity contribution >= 4 is 40.2 Å². The molecule has 0 spiro atoms. The molecule has 19 heteroatoms. The molecule has 1 amide bonds. The van der Waals surface area contributed by atoms with Gasteiger partial charge in [-0.25, -0.2) is 4.63 Å². The number of nitro benzene ring substituents is 1. The average molecular weight is 852 g/mol. The lowest BCUT2D eigenvalue weighted by atomic mass is 9.44. The SMILES string of the molecule is C[C@H](CCC(=O)OCCOCCOCCN=[N+]=[N-])C1CCC2C3CC[C@@H]4C[C@H](NC(=O)[C@H](CCCNC(=N)N)Nc5ccc([N+](=O)[O-])c6nonc56)CC[C@]4(C)C3CC[C@@]21C. The minimum atomic E-state index is -0.668. The molecule has 6 rings (SSSR count). The normalized spacial score (nSPS) is 28.9. The molecule has 61 heavy (non-hydrogen) atoms. The maximum absolute atomic E-state index is 14.0. The van der Waals surface area contributed by atoms with Gasteiger partial charge in [-0.2, -0.15) is 0 Å². The monoisotopic (exact) mass is 852 g/mol. The summed E-state index contributed by atoms with van der Waals surface area (Å²) in [7, 11) is 0. The molecule has 1 aromatic heterocycles. The first-order valence-corrected chi connectivity index (χ1v) is 22.2. The van der Waals surface area contributed by atoms with Crippen molar-refractivity contribution in [3.05, 3.63) is 32.7 Å². The molecule has 4 saturated carbocycles. The first-order chi connectivity index (χ1) is 29.4. The van der Waals surface area contributed by atoms with E-state index in [1.807, 2.05) is 0 Å². The van der Waals surface area contributed by atoms with Gasteiger partial charge < -0.3 is 35.9 Å². The predicted octanol–water partition coefficient (Wildman–Crippen LogP) is 6.62. The molecule has 4 unspecified atom stereocenters. The lowest BCUT2D eigenvalue weighted by Gasteiger charge is -2.61. The third-order valence-electron chi connectivity index (χ3n) is 15.1. The first-order valence-electron chi connectivity index (χ1n) is 22.2. The molecule has 4 fully saturated rings. The number of carbonyl (C=O) groups is 2. The van der Waals surface area contributed by atoms with Gasteiger partial charge in [-0.05, 0) is 145 Å². The fourth-order valence-electron chi connectivity index (χ4n) is 12.1. The molecule has 0 bridgehead atoms. The summed E-state index contributed by atoms with van der Waals surface area (Å²) < 4.78 is 21.1. The Bertz CT molecular complexity index is 1890. The summed E-state index contributed by atoms with van der Waals surface area (Å²) in [6.07, 6.45) is 12.4. The summed E-state index contributed by atoms with van der Waals surface area (Å²) in [5, 5.41) is 39.6. The van der Waals surface area contributed by atoms with Gasteiger partial charge in [-0.3, -0.25) is 25.1 Å². The number of aromatic nitrogens is 2. The van der Waals surface area contributed by atoms with Gasteiger partial charge in [0.25, 0.3) is 0 Å². The van der Waals surface area contributed by atoms with E-state index in [-0.39, 0.29) is 64.6 Å². The summed E-state index contributed by atoms with van der Waals surface area (Å²) in [5.41, 5.74) is 14.7. The Morgan fingerprint density at radius 1 is 1.03 bits per heavy atom. The second-order valence-corrected chi connectivity index (χ2v) is 18.3. The maximum Gasteiger partial charge on any atom is 0.305 e. The summed E-state index contributed by atoms with van der Waals surface area (Å²) in [6.45, 7) is 9.78. The number of anilines is 1. The lowest BCUT2D eigenvalue weighted by Crippen LogP contribution is -2.56. The highest BCUT2D eigenvalue weighted by atomic mass is 16.6. The van der Waals surface area contributed by atoms with Gasteiger partial charge in [0.15, 0.2) is 11.5 Å². The fourth-order valence-corrected chi connectivity index (χ4v) is 12.1. The molecule has 1 heterocycles. The number of hydrogen-bond acceptors (Lipinski definition) is 13. The van der Waals surface area contributed by atoms with Gasteiger partial charge >= 0.3 is 11.7 Å². The number of carbonyl (C=O) groups excluding carboxylic acids is 2. The number of azide groups is 1. The van der Waals surface area contributed by atoms with Crippen LogP contribution in [0.3, 0.4) is 0 Å². The van der Waals surface area contributed by atoms with Crippen LogP contribution in [0.15, 0.2) is 21.9 Å². The Labute approximate surface area is 356 Å². The van der Waals surface area contributed by atoms with Crippen LogP contribution in [0.5, 0.6) is 0 Å². The van der Waals surface area contributed by atoms with Crippen LogP contribution in [0.25, 0.3) is 21.5 Å². The van der Waals surface area contributed by atoms with Gasteiger partial charge in [0.1, 0.15) is 12.6 Å². The van der Waals surface area contributed by atoms with Crippen LogP contribution >= 0.6 is 0 Å². The predicted molar refractivity (Wildman–Crippen MR) is 227 cm³/mol. The molecule has 0 aliphatic heterocycles. The molecule has 4 aliphatic carbocycles. The van der Waals surface area contributed by atoms with Gasteiger partial charge in [-0.15, -0.1) is 0 Å². The zero-order chi connectivity index (χ0) is 43.6.